The van der Waals surface area contributed by atoms with Gasteiger partial charge in [0.25, 0.3) is 0 Å². The second-order valence-corrected chi connectivity index (χ2v) is 16.2. The molecule has 0 radical (unpaired) electrons. The van der Waals surface area contributed by atoms with E-state index in [0.717, 1.165) is 35.5 Å². The van der Waals surface area contributed by atoms with Crippen LogP contribution in [-0.2, 0) is 0 Å². The van der Waals surface area contributed by atoms with Gasteiger partial charge in [-0.15, -0.1) is 35.3 Å². The van der Waals surface area contributed by atoms with Gasteiger partial charge in [0.1, 0.15) is 0 Å². The monoisotopic (exact) mass is 378 g/mol. The maximum Gasteiger partial charge on any atom is 0.0669 e. The lowest BCUT2D eigenvalue weighted by molar-refractivity contribution is 0.415. The lowest BCUT2D eigenvalue weighted by Crippen LogP contribution is -2.50. The molecule has 6 bridgehead atoms. The van der Waals surface area contributed by atoms with E-state index in [1.54, 1.807) is 77.0 Å². The topological polar surface area (TPSA) is 0 Å². The molecule has 0 N–H and O–H groups in total. The third-order valence-corrected chi connectivity index (χ3v) is 15.8. The van der Waals surface area contributed by atoms with E-state index in [1.165, 1.54) is 0 Å². The van der Waals surface area contributed by atoms with Gasteiger partial charge in [-0.05, 0) is 93.3 Å². The summed E-state index contributed by atoms with van der Waals surface area (Å²) in [5.74, 6) is 6.53. The summed E-state index contributed by atoms with van der Waals surface area (Å²) in [4.78, 5) is 0. The molecule has 7 fully saturated rings. The highest BCUT2D eigenvalue weighted by Gasteiger charge is 2.70. The Morgan fingerprint density at radius 2 is 0.792 bits per heavy atom. The summed E-state index contributed by atoms with van der Waals surface area (Å²) in [7, 11) is 0. The number of hydrogen-bond donors (Lipinski definition) is 0. The fourth-order valence-electron chi connectivity index (χ4n) is 8.38. The maximum atomic E-state index is 2.59. The molecule has 6 aliphatic carbocycles. The highest BCUT2D eigenvalue weighted by Crippen LogP contribution is 2.82. The third-order valence-electron chi connectivity index (χ3n) is 9.25. The van der Waals surface area contributed by atoms with E-state index in [2.05, 4.69) is 35.3 Å². The minimum Gasteiger partial charge on any atom is -0.126 e. The average molecular weight is 379 g/mol. The molecular formula is C21H30S3. The Hall–Kier alpha value is 1.05. The molecule has 0 nitrogen and oxygen atoms in total. The van der Waals surface area contributed by atoms with Crippen molar-refractivity contribution in [2.24, 2.45) is 35.5 Å². The van der Waals surface area contributed by atoms with Gasteiger partial charge >= 0.3 is 0 Å². The summed E-state index contributed by atoms with van der Waals surface area (Å²) < 4.78 is 1.97. The Morgan fingerprint density at radius 3 is 1.00 bits per heavy atom. The highest BCUT2D eigenvalue weighted by molar-refractivity contribution is 8.36. The molecule has 6 saturated carbocycles. The van der Waals surface area contributed by atoms with Crippen LogP contribution >= 0.6 is 35.3 Å². The van der Waals surface area contributed by atoms with Gasteiger partial charge in [-0.1, -0.05) is 19.3 Å². The largest absolute Gasteiger partial charge is 0.126 e. The van der Waals surface area contributed by atoms with E-state index >= 15 is 0 Å². The van der Waals surface area contributed by atoms with Gasteiger partial charge in [0.15, 0.2) is 0 Å². The molecule has 3 spiro atoms. The summed E-state index contributed by atoms with van der Waals surface area (Å²) in [6.07, 6.45) is 19.0. The lowest BCUT2D eigenvalue weighted by Gasteiger charge is -2.59. The highest BCUT2D eigenvalue weighted by atomic mass is 32.3. The normalized spacial score (nSPS) is 66.0. The summed E-state index contributed by atoms with van der Waals surface area (Å²) >= 11 is 7.78. The average Bonchev–Trinajstić information content (AvgIpc) is 3.34. The zero-order valence-corrected chi connectivity index (χ0v) is 17.1. The first-order valence-corrected chi connectivity index (χ1v) is 13.2. The molecule has 1 saturated heterocycles. The molecule has 0 aromatic heterocycles. The molecular weight excluding hydrogens is 348 g/mol. The van der Waals surface area contributed by atoms with Crippen LogP contribution < -0.4 is 0 Å². The fourth-order valence-corrected chi connectivity index (χ4v) is 18.0. The Morgan fingerprint density at radius 1 is 0.458 bits per heavy atom. The minimum absolute atomic E-state index is 0.656. The summed E-state index contributed by atoms with van der Waals surface area (Å²) in [5, 5.41) is 0. The van der Waals surface area contributed by atoms with Crippen LogP contribution in [0.4, 0.5) is 0 Å². The minimum atomic E-state index is 0.656. The lowest BCUT2D eigenvalue weighted by atomic mass is 9.98. The molecule has 0 aromatic rings. The SMILES string of the molecule is C1CC2CC1CC21SC2(CC3CCC2C3)SC2(CC3CCC2C3)S1. The quantitative estimate of drug-likeness (QED) is 0.457. The molecule has 24 heavy (non-hydrogen) atoms. The maximum absolute atomic E-state index is 2.59. The summed E-state index contributed by atoms with van der Waals surface area (Å²) in [6.45, 7) is 0. The van der Waals surface area contributed by atoms with Crippen LogP contribution in [0.5, 0.6) is 0 Å². The predicted octanol–water partition coefficient (Wildman–Crippen LogP) is 6.75. The van der Waals surface area contributed by atoms with Crippen molar-refractivity contribution in [2.75, 3.05) is 0 Å². The van der Waals surface area contributed by atoms with Crippen molar-refractivity contribution >= 4 is 35.3 Å². The van der Waals surface area contributed by atoms with Crippen LogP contribution in [0.25, 0.3) is 0 Å². The van der Waals surface area contributed by atoms with Crippen molar-refractivity contribution in [3.63, 3.8) is 0 Å². The molecule has 1 aliphatic heterocycles. The van der Waals surface area contributed by atoms with Crippen LogP contribution in [-0.4, -0.2) is 12.2 Å². The molecule has 3 heteroatoms. The third kappa shape index (κ3) is 1.79. The van der Waals surface area contributed by atoms with Gasteiger partial charge in [-0.3, -0.25) is 0 Å². The van der Waals surface area contributed by atoms with Gasteiger partial charge in [-0.25, -0.2) is 0 Å². The van der Waals surface area contributed by atoms with Gasteiger partial charge in [0, 0.05) is 0 Å². The molecule has 0 amide bonds. The predicted molar refractivity (Wildman–Crippen MR) is 107 cm³/mol. The van der Waals surface area contributed by atoms with Crippen molar-refractivity contribution in [1.29, 1.82) is 0 Å². The van der Waals surface area contributed by atoms with Crippen LogP contribution in [0.15, 0.2) is 0 Å². The second-order valence-electron chi connectivity index (χ2n) is 10.5. The second kappa shape index (κ2) is 4.72. The Labute approximate surface area is 159 Å². The number of rotatable bonds is 0. The first-order valence-electron chi connectivity index (χ1n) is 10.8. The number of hydrogen-bond acceptors (Lipinski definition) is 3. The molecule has 6 unspecified atom stereocenters. The summed E-state index contributed by atoms with van der Waals surface area (Å²) in [6, 6.07) is 0. The van der Waals surface area contributed by atoms with Crippen LogP contribution in [0.1, 0.15) is 77.0 Å². The van der Waals surface area contributed by atoms with Crippen LogP contribution in [0.2, 0.25) is 0 Å². The molecule has 6 atom stereocenters. The number of fused-ring (bicyclic) bond motifs is 9. The van der Waals surface area contributed by atoms with E-state index < -0.39 is 0 Å². The Kier molecular flexibility index (Phi) is 2.95. The van der Waals surface area contributed by atoms with Crippen molar-refractivity contribution in [3.8, 4) is 0 Å². The van der Waals surface area contributed by atoms with E-state index in [4.69, 9.17) is 0 Å². The zero-order chi connectivity index (χ0) is 15.6. The van der Waals surface area contributed by atoms with Gasteiger partial charge in [-0.2, -0.15) is 0 Å². The number of thioether (sulfide) groups is 3. The Bertz CT molecular complexity index is 499. The molecule has 0 aromatic carbocycles. The van der Waals surface area contributed by atoms with Gasteiger partial charge < -0.3 is 0 Å². The first-order chi connectivity index (χ1) is 11.7. The van der Waals surface area contributed by atoms with Gasteiger partial charge in [0.05, 0.1) is 12.2 Å². The smallest absolute Gasteiger partial charge is 0.0669 e. The van der Waals surface area contributed by atoms with Crippen molar-refractivity contribution in [2.45, 2.75) is 89.3 Å². The van der Waals surface area contributed by atoms with Crippen molar-refractivity contribution in [1.82, 2.24) is 0 Å². The van der Waals surface area contributed by atoms with Crippen molar-refractivity contribution < 1.29 is 0 Å². The van der Waals surface area contributed by atoms with E-state index in [9.17, 15) is 0 Å². The van der Waals surface area contributed by atoms with E-state index in [-0.39, 0.29) is 0 Å². The van der Waals surface area contributed by atoms with Gasteiger partial charge in [0.2, 0.25) is 0 Å². The Balaban J connectivity index is 1.33. The van der Waals surface area contributed by atoms with Crippen LogP contribution in [0, 0.1) is 35.5 Å². The van der Waals surface area contributed by atoms with E-state index in [1.807, 2.05) is 0 Å². The molecule has 1 heterocycles. The first kappa shape index (κ1) is 15.0. The molecule has 7 rings (SSSR count). The summed E-state index contributed by atoms with van der Waals surface area (Å²) in [5.41, 5.74) is 0. The zero-order valence-electron chi connectivity index (χ0n) is 14.7. The fraction of sp³-hybridized carbons (Fsp3) is 1.00. The van der Waals surface area contributed by atoms with E-state index in [0.29, 0.717) is 12.2 Å². The molecule has 7 aliphatic rings. The van der Waals surface area contributed by atoms with Crippen molar-refractivity contribution in [3.05, 3.63) is 0 Å². The van der Waals surface area contributed by atoms with Crippen LogP contribution in [0.3, 0.4) is 0 Å². The molecule has 132 valence electrons. The standard InChI is InChI=1S/C21H30S3/c1-4-16-7-13(1)10-19(16)22-20(11-14-2-5-17(20)8-14)24-21(23-19)12-15-3-6-18(21)9-15/h13-18H,1-12H2.